The Bertz CT molecular complexity index is 246. The number of hydrogen-bond donors (Lipinski definition) is 1. The molecule has 3 nitrogen and oxygen atoms in total. The van der Waals surface area contributed by atoms with Crippen molar-refractivity contribution in [2.24, 2.45) is 17.1 Å². The van der Waals surface area contributed by atoms with E-state index in [1.165, 1.54) is 32.4 Å². The summed E-state index contributed by atoms with van der Waals surface area (Å²) in [5.74, 6) is 0.786. The molecule has 0 aromatic heterocycles. The van der Waals surface area contributed by atoms with Crippen molar-refractivity contribution in [1.29, 1.82) is 0 Å². The summed E-state index contributed by atoms with van der Waals surface area (Å²) in [6, 6.07) is 0. The SMILES string of the molecule is CN1CCC(C2(C3(N)CC3)COC2)C1. The molecule has 0 aromatic carbocycles. The Morgan fingerprint density at radius 3 is 2.43 bits per heavy atom. The molecule has 14 heavy (non-hydrogen) atoms. The van der Waals surface area contributed by atoms with E-state index >= 15 is 0 Å². The predicted octanol–water partition coefficient (Wildman–Crippen LogP) is 0.446. The molecule has 80 valence electrons. The molecule has 1 unspecified atom stereocenters. The molecule has 0 aromatic rings. The largest absolute Gasteiger partial charge is 0.380 e. The topological polar surface area (TPSA) is 38.5 Å². The van der Waals surface area contributed by atoms with Crippen molar-refractivity contribution in [2.45, 2.75) is 24.8 Å². The lowest BCUT2D eigenvalue weighted by Crippen LogP contribution is -2.61. The zero-order chi connectivity index (χ0) is 9.81. The van der Waals surface area contributed by atoms with Gasteiger partial charge in [-0.25, -0.2) is 0 Å². The summed E-state index contributed by atoms with van der Waals surface area (Å²) in [5.41, 5.74) is 6.90. The molecular weight excluding hydrogens is 176 g/mol. The molecule has 2 heterocycles. The van der Waals surface area contributed by atoms with Crippen LogP contribution in [0, 0.1) is 11.3 Å². The minimum absolute atomic E-state index is 0.140. The highest BCUT2D eigenvalue weighted by molar-refractivity contribution is 5.18. The van der Waals surface area contributed by atoms with Gasteiger partial charge in [0.1, 0.15) is 0 Å². The van der Waals surface area contributed by atoms with Gasteiger partial charge in [-0.05, 0) is 38.8 Å². The first-order valence-electron chi connectivity index (χ1n) is 5.72. The first-order chi connectivity index (χ1) is 6.66. The van der Waals surface area contributed by atoms with Crippen LogP contribution < -0.4 is 5.73 Å². The molecule has 1 aliphatic carbocycles. The van der Waals surface area contributed by atoms with E-state index in [0.29, 0.717) is 5.41 Å². The van der Waals surface area contributed by atoms with Gasteiger partial charge in [0.05, 0.1) is 13.2 Å². The second kappa shape index (κ2) is 2.71. The van der Waals surface area contributed by atoms with Crippen LogP contribution in [0.4, 0.5) is 0 Å². The van der Waals surface area contributed by atoms with E-state index in [4.69, 9.17) is 10.5 Å². The van der Waals surface area contributed by atoms with Crippen molar-refractivity contribution in [3.05, 3.63) is 0 Å². The predicted molar refractivity (Wildman–Crippen MR) is 55.0 cm³/mol. The first kappa shape index (κ1) is 9.13. The molecule has 1 atom stereocenters. The fraction of sp³-hybridized carbons (Fsp3) is 1.00. The second-order valence-corrected chi connectivity index (χ2v) is 5.55. The molecule has 0 amide bonds. The maximum Gasteiger partial charge on any atom is 0.0565 e. The highest BCUT2D eigenvalue weighted by atomic mass is 16.5. The van der Waals surface area contributed by atoms with Crippen LogP contribution in [0.3, 0.4) is 0 Å². The smallest absolute Gasteiger partial charge is 0.0565 e. The molecule has 2 aliphatic heterocycles. The fourth-order valence-corrected chi connectivity index (χ4v) is 3.27. The Morgan fingerprint density at radius 2 is 2.07 bits per heavy atom. The van der Waals surface area contributed by atoms with Gasteiger partial charge < -0.3 is 15.4 Å². The number of rotatable bonds is 2. The van der Waals surface area contributed by atoms with E-state index in [0.717, 1.165) is 19.1 Å². The average Bonchev–Trinajstić information content (AvgIpc) is 2.63. The van der Waals surface area contributed by atoms with Gasteiger partial charge in [-0.2, -0.15) is 0 Å². The normalized spacial score (nSPS) is 39.4. The van der Waals surface area contributed by atoms with Gasteiger partial charge in [0, 0.05) is 17.5 Å². The third-order valence-electron chi connectivity index (χ3n) is 4.67. The van der Waals surface area contributed by atoms with Gasteiger partial charge in [-0.1, -0.05) is 0 Å². The Labute approximate surface area is 85.6 Å². The number of hydrogen-bond acceptors (Lipinski definition) is 3. The molecule has 3 rings (SSSR count). The van der Waals surface area contributed by atoms with Crippen LogP contribution in [-0.4, -0.2) is 43.8 Å². The molecule has 0 radical (unpaired) electrons. The molecule has 3 aliphatic rings. The molecule has 0 spiro atoms. The Hall–Kier alpha value is -0.120. The van der Waals surface area contributed by atoms with Crippen molar-refractivity contribution < 1.29 is 4.74 Å². The average molecular weight is 196 g/mol. The Balaban J connectivity index is 1.80. The van der Waals surface area contributed by atoms with E-state index in [9.17, 15) is 0 Å². The van der Waals surface area contributed by atoms with Crippen LogP contribution in [0.2, 0.25) is 0 Å². The number of likely N-dealkylation sites (tertiary alicyclic amines) is 1. The number of nitrogens with zero attached hydrogens (tertiary/aromatic N) is 1. The van der Waals surface area contributed by atoms with Gasteiger partial charge in [0.2, 0.25) is 0 Å². The Morgan fingerprint density at radius 1 is 1.36 bits per heavy atom. The highest BCUT2D eigenvalue weighted by Gasteiger charge is 2.64. The molecule has 3 heteroatoms. The van der Waals surface area contributed by atoms with Gasteiger partial charge in [-0.15, -0.1) is 0 Å². The zero-order valence-electron chi connectivity index (χ0n) is 8.96. The maximum atomic E-state index is 6.41. The summed E-state index contributed by atoms with van der Waals surface area (Å²) < 4.78 is 5.45. The zero-order valence-corrected chi connectivity index (χ0v) is 8.96. The second-order valence-electron chi connectivity index (χ2n) is 5.55. The van der Waals surface area contributed by atoms with Crippen LogP contribution in [0.5, 0.6) is 0 Å². The monoisotopic (exact) mass is 196 g/mol. The summed E-state index contributed by atoms with van der Waals surface area (Å²) in [6.07, 6.45) is 3.76. The quantitative estimate of drug-likeness (QED) is 0.697. The third-order valence-corrected chi connectivity index (χ3v) is 4.67. The van der Waals surface area contributed by atoms with E-state index in [2.05, 4.69) is 11.9 Å². The van der Waals surface area contributed by atoms with Gasteiger partial charge in [-0.3, -0.25) is 0 Å². The maximum absolute atomic E-state index is 6.41. The number of nitrogens with two attached hydrogens (primary N) is 1. The molecule has 0 bridgehead atoms. The summed E-state index contributed by atoms with van der Waals surface area (Å²) in [5, 5.41) is 0. The molecule has 2 N–H and O–H groups in total. The third kappa shape index (κ3) is 1.03. The van der Waals surface area contributed by atoms with Gasteiger partial charge in [0.25, 0.3) is 0 Å². The fourth-order valence-electron chi connectivity index (χ4n) is 3.27. The lowest BCUT2D eigenvalue weighted by Gasteiger charge is -2.50. The molecule has 3 fully saturated rings. The van der Waals surface area contributed by atoms with Crippen LogP contribution >= 0.6 is 0 Å². The van der Waals surface area contributed by atoms with Crippen molar-refractivity contribution in [3.63, 3.8) is 0 Å². The lowest BCUT2D eigenvalue weighted by atomic mass is 9.66. The standard InChI is InChI=1S/C11H20N2O/c1-13-5-2-9(6-13)10(7-14-8-10)11(12)3-4-11/h9H,2-8,12H2,1H3. The summed E-state index contributed by atoms with van der Waals surface area (Å²) in [6.45, 7) is 4.30. The summed E-state index contributed by atoms with van der Waals surface area (Å²) in [7, 11) is 2.21. The van der Waals surface area contributed by atoms with Crippen LogP contribution in [0.15, 0.2) is 0 Å². The van der Waals surface area contributed by atoms with E-state index < -0.39 is 0 Å². The van der Waals surface area contributed by atoms with Crippen LogP contribution in [0.25, 0.3) is 0 Å². The van der Waals surface area contributed by atoms with Gasteiger partial charge in [0.15, 0.2) is 0 Å². The van der Waals surface area contributed by atoms with Crippen molar-refractivity contribution >= 4 is 0 Å². The Kier molecular flexibility index (Phi) is 1.77. The van der Waals surface area contributed by atoms with Crippen molar-refractivity contribution in [1.82, 2.24) is 4.90 Å². The number of ether oxygens (including phenoxy) is 1. The van der Waals surface area contributed by atoms with Crippen molar-refractivity contribution in [3.8, 4) is 0 Å². The summed E-state index contributed by atoms with van der Waals surface area (Å²) >= 11 is 0. The minimum Gasteiger partial charge on any atom is -0.380 e. The first-order valence-corrected chi connectivity index (χ1v) is 5.72. The minimum atomic E-state index is 0.140. The molecule has 2 saturated heterocycles. The van der Waals surface area contributed by atoms with E-state index in [1.807, 2.05) is 0 Å². The van der Waals surface area contributed by atoms with Crippen molar-refractivity contribution in [2.75, 3.05) is 33.4 Å². The summed E-state index contributed by atoms with van der Waals surface area (Å²) in [4.78, 5) is 2.43. The van der Waals surface area contributed by atoms with E-state index in [-0.39, 0.29) is 5.54 Å². The molecular formula is C11H20N2O. The molecule has 1 saturated carbocycles. The highest BCUT2D eigenvalue weighted by Crippen LogP contribution is 2.57. The van der Waals surface area contributed by atoms with Crippen LogP contribution in [0.1, 0.15) is 19.3 Å². The van der Waals surface area contributed by atoms with Gasteiger partial charge >= 0.3 is 0 Å². The van der Waals surface area contributed by atoms with E-state index in [1.54, 1.807) is 0 Å². The van der Waals surface area contributed by atoms with Crippen LogP contribution in [-0.2, 0) is 4.74 Å². The lowest BCUT2D eigenvalue weighted by molar-refractivity contribution is -0.163.